The Morgan fingerprint density at radius 3 is 2.76 bits per heavy atom. The Hall–Kier alpha value is -2.08. The second-order valence-corrected chi connectivity index (χ2v) is 4.96. The van der Waals surface area contributed by atoms with Crippen LogP contribution in [0.1, 0.15) is 15.9 Å². The highest BCUT2D eigenvalue weighted by atomic mass is 79.9. The Balaban J connectivity index is 2.23. The van der Waals surface area contributed by atoms with E-state index in [1.54, 1.807) is 18.2 Å². The number of hydrogen-bond donors (Lipinski definition) is 1. The third-order valence-electron chi connectivity index (χ3n) is 2.83. The average molecular weight is 355 g/mol. The molecule has 0 aromatic heterocycles. The summed E-state index contributed by atoms with van der Waals surface area (Å²) < 4.78 is 24.2. The summed E-state index contributed by atoms with van der Waals surface area (Å²) in [7, 11) is 1.45. The van der Waals surface area contributed by atoms with Gasteiger partial charge in [-0.2, -0.15) is 0 Å². The number of carbonyl (C=O) groups is 1. The molecule has 0 heterocycles. The Morgan fingerprint density at radius 2 is 2.10 bits per heavy atom. The molecular formula is C15H12BrFO4. The van der Waals surface area contributed by atoms with E-state index in [1.807, 2.05) is 0 Å². The van der Waals surface area contributed by atoms with E-state index >= 15 is 0 Å². The van der Waals surface area contributed by atoms with Crippen molar-refractivity contribution in [2.75, 3.05) is 7.11 Å². The third-order valence-corrected chi connectivity index (χ3v) is 3.72. The number of hydrogen-bond acceptors (Lipinski definition) is 3. The number of carboxylic acid groups (broad SMARTS) is 1. The maximum atomic E-state index is 13.4. The summed E-state index contributed by atoms with van der Waals surface area (Å²) in [4.78, 5) is 11.2. The molecule has 110 valence electrons. The fourth-order valence-electron chi connectivity index (χ4n) is 1.74. The molecule has 0 spiro atoms. The minimum Gasteiger partial charge on any atom is -0.497 e. The van der Waals surface area contributed by atoms with Crippen molar-refractivity contribution in [2.24, 2.45) is 0 Å². The lowest BCUT2D eigenvalue weighted by molar-refractivity contribution is 0.0691. The van der Waals surface area contributed by atoms with Crippen molar-refractivity contribution >= 4 is 21.9 Å². The SMILES string of the molecule is COc1ccc(OCc2cccc(F)c2Br)c(C(=O)O)c1. The van der Waals surface area contributed by atoms with Crippen molar-refractivity contribution in [3.05, 3.63) is 57.8 Å². The van der Waals surface area contributed by atoms with Gasteiger partial charge in [0.2, 0.25) is 0 Å². The van der Waals surface area contributed by atoms with Gasteiger partial charge in [-0.3, -0.25) is 0 Å². The molecule has 4 nitrogen and oxygen atoms in total. The van der Waals surface area contributed by atoms with Crippen LogP contribution < -0.4 is 9.47 Å². The van der Waals surface area contributed by atoms with E-state index in [4.69, 9.17) is 9.47 Å². The second kappa shape index (κ2) is 6.58. The highest BCUT2D eigenvalue weighted by Crippen LogP contribution is 2.27. The van der Waals surface area contributed by atoms with E-state index in [0.29, 0.717) is 15.8 Å². The van der Waals surface area contributed by atoms with Crippen molar-refractivity contribution in [2.45, 2.75) is 6.61 Å². The molecule has 0 bridgehead atoms. The monoisotopic (exact) mass is 354 g/mol. The summed E-state index contributed by atoms with van der Waals surface area (Å²) in [6, 6.07) is 9.06. The van der Waals surface area contributed by atoms with E-state index in [9.17, 15) is 14.3 Å². The van der Waals surface area contributed by atoms with Crippen LogP contribution in [0, 0.1) is 5.82 Å². The molecule has 2 aromatic carbocycles. The first-order chi connectivity index (χ1) is 10.0. The molecule has 0 saturated carbocycles. The molecule has 2 rings (SSSR count). The lowest BCUT2D eigenvalue weighted by Crippen LogP contribution is -2.04. The Labute approximate surface area is 129 Å². The first-order valence-electron chi connectivity index (χ1n) is 6.00. The summed E-state index contributed by atoms with van der Waals surface area (Å²) in [6.45, 7) is 0.0466. The summed E-state index contributed by atoms with van der Waals surface area (Å²) in [5, 5.41) is 9.18. The molecule has 2 aromatic rings. The molecule has 0 saturated heterocycles. The van der Waals surface area contributed by atoms with Gasteiger partial charge in [0.25, 0.3) is 0 Å². The smallest absolute Gasteiger partial charge is 0.339 e. The van der Waals surface area contributed by atoms with Gasteiger partial charge in [0, 0.05) is 5.56 Å². The van der Waals surface area contributed by atoms with Crippen LogP contribution in [0.3, 0.4) is 0 Å². The van der Waals surface area contributed by atoms with Gasteiger partial charge in [0.15, 0.2) is 0 Å². The highest BCUT2D eigenvalue weighted by Gasteiger charge is 2.14. The van der Waals surface area contributed by atoms with Crippen LogP contribution in [0.25, 0.3) is 0 Å². The van der Waals surface area contributed by atoms with E-state index in [2.05, 4.69) is 15.9 Å². The van der Waals surface area contributed by atoms with Crippen LogP contribution >= 0.6 is 15.9 Å². The van der Waals surface area contributed by atoms with Gasteiger partial charge in [-0.1, -0.05) is 12.1 Å². The van der Waals surface area contributed by atoms with E-state index in [-0.39, 0.29) is 17.9 Å². The predicted octanol–water partition coefficient (Wildman–Crippen LogP) is 3.87. The Bertz CT molecular complexity index is 673. The Kier molecular flexibility index (Phi) is 4.80. The average Bonchev–Trinajstić information content (AvgIpc) is 2.48. The standard InChI is InChI=1S/C15H12BrFO4/c1-20-10-5-6-13(11(7-10)15(18)19)21-8-9-3-2-4-12(17)14(9)16/h2-7H,8H2,1H3,(H,18,19). The summed E-state index contributed by atoms with van der Waals surface area (Å²) >= 11 is 3.13. The first-order valence-corrected chi connectivity index (χ1v) is 6.79. The zero-order valence-corrected chi connectivity index (χ0v) is 12.7. The van der Waals surface area contributed by atoms with E-state index in [1.165, 1.54) is 25.3 Å². The highest BCUT2D eigenvalue weighted by molar-refractivity contribution is 9.10. The number of rotatable bonds is 5. The maximum Gasteiger partial charge on any atom is 0.339 e. The van der Waals surface area contributed by atoms with E-state index < -0.39 is 11.8 Å². The first kappa shape index (κ1) is 15.3. The number of aromatic carboxylic acids is 1. The lowest BCUT2D eigenvalue weighted by atomic mass is 10.2. The molecule has 0 aliphatic carbocycles. The molecule has 1 N–H and O–H groups in total. The summed E-state index contributed by atoms with van der Waals surface area (Å²) in [5.41, 5.74) is 0.573. The van der Waals surface area contributed by atoms with E-state index in [0.717, 1.165) is 0 Å². The fourth-order valence-corrected chi connectivity index (χ4v) is 2.12. The van der Waals surface area contributed by atoms with Gasteiger partial charge in [0.05, 0.1) is 11.6 Å². The fraction of sp³-hybridized carbons (Fsp3) is 0.133. The zero-order chi connectivity index (χ0) is 15.4. The minimum atomic E-state index is -1.12. The molecule has 0 amide bonds. The van der Waals surface area contributed by atoms with Crippen LogP contribution in [0.5, 0.6) is 11.5 Å². The second-order valence-electron chi connectivity index (χ2n) is 4.17. The molecule has 0 aliphatic rings. The van der Waals surface area contributed by atoms with Gasteiger partial charge in [-0.15, -0.1) is 0 Å². The quantitative estimate of drug-likeness (QED) is 0.885. The van der Waals surface area contributed by atoms with Crippen molar-refractivity contribution in [1.82, 2.24) is 0 Å². The van der Waals surface area contributed by atoms with Crippen molar-refractivity contribution in [3.8, 4) is 11.5 Å². The van der Waals surface area contributed by atoms with Gasteiger partial charge in [-0.05, 0) is 40.2 Å². The van der Waals surface area contributed by atoms with Gasteiger partial charge >= 0.3 is 5.97 Å². The molecule has 0 fully saturated rings. The number of carboxylic acids is 1. The van der Waals surface area contributed by atoms with Crippen LogP contribution in [0.15, 0.2) is 40.9 Å². The number of ether oxygens (including phenoxy) is 2. The zero-order valence-electron chi connectivity index (χ0n) is 11.1. The van der Waals surface area contributed by atoms with Gasteiger partial charge < -0.3 is 14.6 Å². The van der Waals surface area contributed by atoms with Crippen LogP contribution in [0.2, 0.25) is 0 Å². The van der Waals surface area contributed by atoms with Crippen molar-refractivity contribution in [3.63, 3.8) is 0 Å². The summed E-state index contributed by atoms with van der Waals surface area (Å²) in [6.07, 6.45) is 0. The van der Waals surface area contributed by atoms with Gasteiger partial charge in [-0.25, -0.2) is 9.18 Å². The van der Waals surface area contributed by atoms with Crippen molar-refractivity contribution < 1.29 is 23.8 Å². The van der Waals surface area contributed by atoms with Gasteiger partial charge in [0.1, 0.15) is 29.5 Å². The molecule has 6 heteroatoms. The number of halogens is 2. The molecule has 0 aliphatic heterocycles. The van der Waals surface area contributed by atoms with Crippen LogP contribution in [-0.2, 0) is 6.61 Å². The third kappa shape index (κ3) is 3.52. The minimum absolute atomic E-state index is 0.0122. The molecule has 21 heavy (non-hydrogen) atoms. The topological polar surface area (TPSA) is 55.8 Å². The molecule has 0 unspecified atom stereocenters. The number of methoxy groups -OCH3 is 1. The Morgan fingerprint density at radius 1 is 1.33 bits per heavy atom. The number of benzene rings is 2. The van der Waals surface area contributed by atoms with Crippen molar-refractivity contribution in [1.29, 1.82) is 0 Å². The predicted molar refractivity (Wildman–Crippen MR) is 78.4 cm³/mol. The lowest BCUT2D eigenvalue weighted by Gasteiger charge is -2.11. The normalized spacial score (nSPS) is 10.2. The maximum absolute atomic E-state index is 13.4. The van der Waals surface area contributed by atoms with Crippen LogP contribution in [0.4, 0.5) is 4.39 Å². The molecule has 0 radical (unpaired) electrons. The molecule has 0 atom stereocenters. The largest absolute Gasteiger partial charge is 0.497 e. The summed E-state index contributed by atoms with van der Waals surface area (Å²) in [5.74, 6) is -0.905. The van der Waals surface area contributed by atoms with Crippen LogP contribution in [-0.4, -0.2) is 18.2 Å². The molecular weight excluding hydrogens is 343 g/mol.